The minimum Gasteiger partial charge on any atom is -0.467 e. The van der Waals surface area contributed by atoms with Crippen LogP contribution in [0, 0.1) is 0 Å². The van der Waals surface area contributed by atoms with Crippen LogP contribution in [-0.4, -0.2) is 7.11 Å². The molecule has 0 unspecified atom stereocenters. The van der Waals surface area contributed by atoms with Gasteiger partial charge in [0, 0.05) is 12.7 Å². The Morgan fingerprint density at radius 1 is 1.67 bits per heavy atom. The molecule has 12 heavy (non-hydrogen) atoms. The van der Waals surface area contributed by atoms with Crippen LogP contribution < -0.4 is 5.73 Å². The van der Waals surface area contributed by atoms with Crippen molar-refractivity contribution in [2.24, 2.45) is 5.73 Å². The van der Waals surface area contributed by atoms with E-state index in [0.717, 1.165) is 24.2 Å². The molecule has 0 saturated heterocycles. The van der Waals surface area contributed by atoms with Gasteiger partial charge in [-0.1, -0.05) is 0 Å². The van der Waals surface area contributed by atoms with Crippen LogP contribution in [0.3, 0.4) is 0 Å². The minimum atomic E-state index is -0.183. The SMILES string of the molecule is COCc1ccoc1C1(N)CC1. The summed E-state index contributed by atoms with van der Waals surface area (Å²) in [7, 11) is 1.67. The lowest BCUT2D eigenvalue weighted by atomic mass is 10.1. The van der Waals surface area contributed by atoms with Crippen molar-refractivity contribution in [2.45, 2.75) is 25.0 Å². The number of ether oxygens (including phenoxy) is 1. The van der Waals surface area contributed by atoms with Gasteiger partial charge in [-0.05, 0) is 18.9 Å². The fraction of sp³-hybridized carbons (Fsp3) is 0.556. The molecule has 3 nitrogen and oxygen atoms in total. The second kappa shape index (κ2) is 2.61. The van der Waals surface area contributed by atoms with Gasteiger partial charge in [0.15, 0.2) is 0 Å². The molecule has 1 aliphatic carbocycles. The molecule has 1 fully saturated rings. The third-order valence-corrected chi connectivity index (χ3v) is 2.29. The number of furan rings is 1. The van der Waals surface area contributed by atoms with Crippen LogP contribution in [0.5, 0.6) is 0 Å². The molecule has 66 valence electrons. The lowest BCUT2D eigenvalue weighted by Crippen LogP contribution is -2.19. The van der Waals surface area contributed by atoms with E-state index in [-0.39, 0.29) is 5.54 Å². The summed E-state index contributed by atoms with van der Waals surface area (Å²) in [5.41, 5.74) is 6.89. The lowest BCUT2D eigenvalue weighted by molar-refractivity contribution is 0.182. The van der Waals surface area contributed by atoms with Crippen LogP contribution in [0.15, 0.2) is 16.7 Å². The average Bonchev–Trinajstić information content (AvgIpc) is 2.64. The summed E-state index contributed by atoms with van der Waals surface area (Å²) < 4.78 is 10.4. The molecule has 2 N–H and O–H groups in total. The monoisotopic (exact) mass is 167 g/mol. The summed E-state index contributed by atoms with van der Waals surface area (Å²) in [4.78, 5) is 0. The molecule has 2 rings (SSSR count). The van der Waals surface area contributed by atoms with Gasteiger partial charge in [0.05, 0.1) is 18.4 Å². The van der Waals surface area contributed by atoms with Crippen molar-refractivity contribution in [1.82, 2.24) is 0 Å². The highest BCUT2D eigenvalue weighted by atomic mass is 16.5. The summed E-state index contributed by atoms with van der Waals surface area (Å²) in [6.07, 6.45) is 3.73. The Hall–Kier alpha value is -0.800. The third-order valence-electron chi connectivity index (χ3n) is 2.29. The molecule has 1 aromatic rings. The Bertz CT molecular complexity index is 276. The first kappa shape index (κ1) is 7.83. The molecular formula is C9H13NO2. The molecular weight excluding hydrogens is 154 g/mol. The third kappa shape index (κ3) is 1.15. The molecule has 0 atom stereocenters. The standard InChI is InChI=1S/C9H13NO2/c1-11-6-7-2-5-12-8(7)9(10)3-4-9/h2,5H,3-4,6,10H2,1H3. The maximum Gasteiger partial charge on any atom is 0.129 e. The number of hydrogen-bond donors (Lipinski definition) is 1. The van der Waals surface area contributed by atoms with E-state index < -0.39 is 0 Å². The summed E-state index contributed by atoms with van der Waals surface area (Å²) in [5.74, 6) is 0.907. The Kier molecular flexibility index (Phi) is 1.70. The zero-order valence-corrected chi connectivity index (χ0v) is 7.17. The van der Waals surface area contributed by atoms with E-state index in [1.54, 1.807) is 13.4 Å². The van der Waals surface area contributed by atoms with Crippen LogP contribution in [0.2, 0.25) is 0 Å². The Labute approximate surface area is 71.5 Å². The first-order valence-corrected chi connectivity index (χ1v) is 4.11. The van der Waals surface area contributed by atoms with E-state index in [4.69, 9.17) is 14.9 Å². The van der Waals surface area contributed by atoms with Crippen molar-refractivity contribution in [1.29, 1.82) is 0 Å². The Morgan fingerprint density at radius 3 is 3.00 bits per heavy atom. The molecule has 1 aliphatic rings. The van der Waals surface area contributed by atoms with E-state index in [9.17, 15) is 0 Å². The van der Waals surface area contributed by atoms with Crippen LogP contribution in [0.4, 0.5) is 0 Å². The van der Waals surface area contributed by atoms with Gasteiger partial charge in [-0.3, -0.25) is 0 Å². The van der Waals surface area contributed by atoms with Gasteiger partial charge in [0.25, 0.3) is 0 Å². The summed E-state index contributed by atoms with van der Waals surface area (Å²) in [6.45, 7) is 0.588. The number of nitrogens with two attached hydrogens (primary N) is 1. The van der Waals surface area contributed by atoms with Gasteiger partial charge in [-0.15, -0.1) is 0 Å². The van der Waals surface area contributed by atoms with Gasteiger partial charge in [-0.2, -0.15) is 0 Å². The second-order valence-corrected chi connectivity index (χ2v) is 3.36. The molecule has 3 heteroatoms. The minimum absolute atomic E-state index is 0.183. The Balaban J connectivity index is 2.24. The highest BCUT2D eigenvalue weighted by Crippen LogP contribution is 2.44. The zero-order valence-electron chi connectivity index (χ0n) is 7.17. The first-order chi connectivity index (χ1) is 5.76. The van der Waals surface area contributed by atoms with Gasteiger partial charge >= 0.3 is 0 Å². The Morgan fingerprint density at radius 2 is 2.42 bits per heavy atom. The summed E-state index contributed by atoms with van der Waals surface area (Å²) in [6, 6.07) is 1.92. The van der Waals surface area contributed by atoms with Crippen LogP contribution in [0.1, 0.15) is 24.2 Å². The molecule has 0 radical (unpaired) electrons. The molecule has 1 heterocycles. The molecule has 1 saturated carbocycles. The molecule has 0 amide bonds. The highest BCUT2D eigenvalue weighted by molar-refractivity contribution is 5.28. The molecule has 0 bridgehead atoms. The van der Waals surface area contributed by atoms with E-state index in [1.165, 1.54) is 0 Å². The van der Waals surface area contributed by atoms with Crippen molar-refractivity contribution >= 4 is 0 Å². The van der Waals surface area contributed by atoms with Crippen molar-refractivity contribution in [3.8, 4) is 0 Å². The van der Waals surface area contributed by atoms with Crippen LogP contribution in [-0.2, 0) is 16.9 Å². The molecule has 0 aromatic carbocycles. The highest BCUT2D eigenvalue weighted by Gasteiger charge is 2.44. The second-order valence-electron chi connectivity index (χ2n) is 3.36. The first-order valence-electron chi connectivity index (χ1n) is 4.11. The van der Waals surface area contributed by atoms with Crippen LogP contribution in [0.25, 0.3) is 0 Å². The summed E-state index contributed by atoms with van der Waals surface area (Å²) >= 11 is 0. The predicted molar refractivity (Wildman–Crippen MR) is 44.5 cm³/mol. The van der Waals surface area contributed by atoms with Crippen LogP contribution >= 0.6 is 0 Å². The van der Waals surface area contributed by atoms with Crippen molar-refractivity contribution in [2.75, 3.05) is 7.11 Å². The average molecular weight is 167 g/mol. The van der Waals surface area contributed by atoms with Gasteiger partial charge in [0.2, 0.25) is 0 Å². The van der Waals surface area contributed by atoms with Crippen molar-refractivity contribution in [3.05, 3.63) is 23.7 Å². The smallest absolute Gasteiger partial charge is 0.129 e. The van der Waals surface area contributed by atoms with E-state index in [2.05, 4.69) is 0 Å². The van der Waals surface area contributed by atoms with Crippen molar-refractivity contribution in [3.63, 3.8) is 0 Å². The van der Waals surface area contributed by atoms with Crippen molar-refractivity contribution < 1.29 is 9.15 Å². The normalized spacial score (nSPS) is 19.5. The largest absolute Gasteiger partial charge is 0.467 e. The fourth-order valence-electron chi connectivity index (χ4n) is 1.40. The molecule has 1 aromatic heterocycles. The van der Waals surface area contributed by atoms with E-state index in [0.29, 0.717) is 6.61 Å². The van der Waals surface area contributed by atoms with Gasteiger partial charge in [-0.25, -0.2) is 0 Å². The van der Waals surface area contributed by atoms with E-state index >= 15 is 0 Å². The number of hydrogen-bond acceptors (Lipinski definition) is 3. The fourth-order valence-corrected chi connectivity index (χ4v) is 1.40. The molecule has 0 spiro atoms. The van der Waals surface area contributed by atoms with E-state index in [1.807, 2.05) is 6.07 Å². The van der Waals surface area contributed by atoms with Gasteiger partial charge < -0.3 is 14.9 Å². The maximum atomic E-state index is 5.99. The number of methoxy groups -OCH3 is 1. The topological polar surface area (TPSA) is 48.4 Å². The lowest BCUT2D eigenvalue weighted by Gasteiger charge is -2.07. The maximum absolute atomic E-state index is 5.99. The number of rotatable bonds is 3. The summed E-state index contributed by atoms with van der Waals surface area (Å²) in [5, 5.41) is 0. The van der Waals surface area contributed by atoms with Gasteiger partial charge in [0.1, 0.15) is 5.76 Å². The predicted octanol–water partition coefficient (Wildman–Crippen LogP) is 1.37. The molecule has 0 aliphatic heterocycles. The zero-order chi connectivity index (χ0) is 8.60. The quantitative estimate of drug-likeness (QED) is 0.739.